The Balaban J connectivity index is 1.36. The Kier molecular flexibility index (Phi) is 5.52. The van der Waals surface area contributed by atoms with E-state index in [-0.39, 0.29) is 32.3 Å². The second-order valence-electron chi connectivity index (χ2n) is 5.43. The highest BCUT2D eigenvalue weighted by molar-refractivity contribution is 6.35. The predicted molar refractivity (Wildman–Crippen MR) is 89.3 cm³/mol. The molecular weight excluding hydrogens is 343 g/mol. The van der Waals surface area contributed by atoms with Crippen LogP contribution in [0.5, 0.6) is 17.2 Å². The summed E-state index contributed by atoms with van der Waals surface area (Å²) in [4.78, 5) is 23.5. The molecule has 0 saturated carbocycles. The first-order valence-electron chi connectivity index (χ1n) is 7.95. The van der Waals surface area contributed by atoms with Gasteiger partial charge in [-0.15, -0.1) is 0 Å². The molecule has 2 aromatic carbocycles. The maximum atomic E-state index is 12.8. The third-order valence-corrected chi connectivity index (χ3v) is 3.57. The van der Waals surface area contributed by atoms with Gasteiger partial charge in [-0.1, -0.05) is 6.07 Å². The van der Waals surface area contributed by atoms with Gasteiger partial charge in [0.2, 0.25) is 6.79 Å². The summed E-state index contributed by atoms with van der Waals surface area (Å²) in [7, 11) is 0. The van der Waals surface area contributed by atoms with Crippen LogP contribution in [0.3, 0.4) is 0 Å². The van der Waals surface area contributed by atoms with Gasteiger partial charge < -0.3 is 24.8 Å². The van der Waals surface area contributed by atoms with Crippen molar-refractivity contribution >= 4 is 11.8 Å². The van der Waals surface area contributed by atoms with Gasteiger partial charge in [-0.25, -0.2) is 4.39 Å². The Labute approximate surface area is 149 Å². The minimum absolute atomic E-state index is 0.146. The monoisotopic (exact) mass is 360 g/mol. The van der Waals surface area contributed by atoms with Gasteiger partial charge >= 0.3 is 11.8 Å². The summed E-state index contributed by atoms with van der Waals surface area (Å²) in [5, 5.41) is 4.97. The standard InChI is InChI=1S/C18H17FN2O5/c19-13-2-4-14(5-3-13)24-8-7-20-17(22)18(23)21-10-12-1-6-15-16(9-12)26-11-25-15/h1-6,9H,7-8,10-11H2,(H,20,22)(H,21,23). The Morgan fingerprint density at radius 3 is 2.54 bits per heavy atom. The van der Waals surface area contributed by atoms with Crippen molar-refractivity contribution in [3.05, 3.63) is 53.8 Å². The maximum Gasteiger partial charge on any atom is 0.309 e. The second-order valence-corrected chi connectivity index (χ2v) is 5.43. The number of hydrogen-bond donors (Lipinski definition) is 2. The predicted octanol–water partition coefficient (Wildman–Crippen LogP) is 1.37. The molecule has 1 aliphatic heterocycles. The molecule has 0 aliphatic carbocycles. The van der Waals surface area contributed by atoms with Crippen LogP contribution < -0.4 is 24.8 Å². The van der Waals surface area contributed by atoms with E-state index in [0.717, 1.165) is 5.56 Å². The smallest absolute Gasteiger partial charge is 0.309 e. The van der Waals surface area contributed by atoms with Crippen LogP contribution in [0.25, 0.3) is 0 Å². The minimum Gasteiger partial charge on any atom is -0.492 e. The zero-order valence-corrected chi connectivity index (χ0v) is 13.8. The van der Waals surface area contributed by atoms with Gasteiger partial charge in [0.25, 0.3) is 0 Å². The Hall–Kier alpha value is -3.29. The normalized spacial score (nSPS) is 11.7. The van der Waals surface area contributed by atoms with Crippen LogP contribution in [0.4, 0.5) is 4.39 Å². The number of fused-ring (bicyclic) bond motifs is 1. The minimum atomic E-state index is -0.756. The zero-order chi connectivity index (χ0) is 18.4. The van der Waals surface area contributed by atoms with Crippen LogP contribution in [-0.4, -0.2) is 31.8 Å². The molecule has 0 unspecified atom stereocenters. The molecule has 0 bridgehead atoms. The van der Waals surface area contributed by atoms with E-state index in [4.69, 9.17) is 14.2 Å². The maximum absolute atomic E-state index is 12.8. The topological polar surface area (TPSA) is 85.9 Å². The number of ether oxygens (including phenoxy) is 3. The van der Waals surface area contributed by atoms with Crippen LogP contribution in [0.2, 0.25) is 0 Å². The third-order valence-electron chi connectivity index (χ3n) is 3.57. The lowest BCUT2D eigenvalue weighted by Gasteiger charge is -2.08. The Morgan fingerprint density at radius 1 is 1.00 bits per heavy atom. The molecule has 2 N–H and O–H groups in total. The van der Waals surface area contributed by atoms with Crippen molar-refractivity contribution in [2.75, 3.05) is 19.9 Å². The molecule has 26 heavy (non-hydrogen) atoms. The molecule has 0 aromatic heterocycles. The van der Waals surface area contributed by atoms with Crippen molar-refractivity contribution in [3.63, 3.8) is 0 Å². The second kappa shape index (κ2) is 8.19. The first-order chi connectivity index (χ1) is 12.6. The van der Waals surface area contributed by atoms with Crippen molar-refractivity contribution < 1.29 is 28.2 Å². The molecule has 2 amide bonds. The molecule has 0 atom stereocenters. The fraction of sp³-hybridized carbons (Fsp3) is 0.222. The van der Waals surface area contributed by atoms with E-state index in [1.165, 1.54) is 24.3 Å². The summed E-state index contributed by atoms with van der Waals surface area (Å²) >= 11 is 0. The molecule has 7 nitrogen and oxygen atoms in total. The van der Waals surface area contributed by atoms with E-state index in [1.54, 1.807) is 18.2 Å². The van der Waals surface area contributed by atoms with E-state index in [9.17, 15) is 14.0 Å². The van der Waals surface area contributed by atoms with Crippen LogP contribution in [0.15, 0.2) is 42.5 Å². The van der Waals surface area contributed by atoms with E-state index in [0.29, 0.717) is 17.2 Å². The van der Waals surface area contributed by atoms with Gasteiger partial charge in [0, 0.05) is 6.54 Å². The molecule has 8 heteroatoms. The number of nitrogens with one attached hydrogen (secondary N) is 2. The van der Waals surface area contributed by atoms with Crippen LogP contribution in [-0.2, 0) is 16.1 Å². The largest absolute Gasteiger partial charge is 0.492 e. The van der Waals surface area contributed by atoms with Crippen LogP contribution in [0.1, 0.15) is 5.56 Å². The fourth-order valence-electron chi connectivity index (χ4n) is 2.26. The number of benzene rings is 2. The number of hydrogen-bond acceptors (Lipinski definition) is 5. The molecule has 0 fully saturated rings. The number of rotatable bonds is 6. The molecule has 1 aliphatic rings. The first kappa shape index (κ1) is 17.5. The van der Waals surface area contributed by atoms with E-state index in [2.05, 4.69) is 10.6 Å². The van der Waals surface area contributed by atoms with Crippen LogP contribution in [0, 0.1) is 5.82 Å². The van der Waals surface area contributed by atoms with E-state index < -0.39 is 11.8 Å². The van der Waals surface area contributed by atoms with Gasteiger partial charge in [-0.2, -0.15) is 0 Å². The van der Waals surface area contributed by atoms with Gasteiger partial charge in [-0.05, 0) is 42.0 Å². The van der Waals surface area contributed by atoms with Crippen LogP contribution >= 0.6 is 0 Å². The molecule has 136 valence electrons. The first-order valence-corrected chi connectivity index (χ1v) is 7.95. The van der Waals surface area contributed by atoms with Gasteiger partial charge in [0.15, 0.2) is 11.5 Å². The van der Waals surface area contributed by atoms with Gasteiger partial charge in [0.1, 0.15) is 18.2 Å². The quantitative estimate of drug-likeness (QED) is 0.600. The van der Waals surface area contributed by atoms with Crippen molar-refractivity contribution in [3.8, 4) is 17.2 Å². The highest BCUT2D eigenvalue weighted by atomic mass is 19.1. The number of amides is 2. The lowest BCUT2D eigenvalue weighted by atomic mass is 10.2. The highest BCUT2D eigenvalue weighted by Gasteiger charge is 2.15. The molecule has 0 saturated heterocycles. The number of halogens is 1. The summed E-state index contributed by atoms with van der Waals surface area (Å²) < 4.78 is 28.5. The summed E-state index contributed by atoms with van der Waals surface area (Å²) in [5.74, 6) is -0.117. The number of carbonyl (C=O) groups is 2. The molecule has 0 radical (unpaired) electrons. The molecule has 0 spiro atoms. The number of carbonyl (C=O) groups excluding carboxylic acids is 2. The fourth-order valence-corrected chi connectivity index (χ4v) is 2.26. The zero-order valence-electron chi connectivity index (χ0n) is 13.8. The third kappa shape index (κ3) is 4.62. The average Bonchev–Trinajstić information content (AvgIpc) is 3.12. The SMILES string of the molecule is O=C(NCCOc1ccc(F)cc1)C(=O)NCc1ccc2c(c1)OCO2. The van der Waals surface area contributed by atoms with Crippen molar-refractivity contribution in [1.82, 2.24) is 10.6 Å². The summed E-state index contributed by atoms with van der Waals surface area (Å²) in [6.07, 6.45) is 0. The molecule has 2 aromatic rings. The van der Waals surface area contributed by atoms with E-state index in [1.807, 2.05) is 0 Å². The Bertz CT molecular complexity index is 795. The van der Waals surface area contributed by atoms with Crippen molar-refractivity contribution in [1.29, 1.82) is 0 Å². The molecule has 3 rings (SSSR count). The van der Waals surface area contributed by atoms with Crippen molar-refractivity contribution in [2.45, 2.75) is 6.54 Å². The summed E-state index contributed by atoms with van der Waals surface area (Å²) in [6.45, 7) is 0.670. The van der Waals surface area contributed by atoms with Crippen molar-refractivity contribution in [2.24, 2.45) is 0 Å². The highest BCUT2D eigenvalue weighted by Crippen LogP contribution is 2.32. The molecular formula is C18H17FN2O5. The lowest BCUT2D eigenvalue weighted by Crippen LogP contribution is -2.41. The van der Waals surface area contributed by atoms with E-state index >= 15 is 0 Å². The average molecular weight is 360 g/mol. The summed E-state index contributed by atoms with van der Waals surface area (Å²) in [5.41, 5.74) is 0.787. The lowest BCUT2D eigenvalue weighted by molar-refractivity contribution is -0.139. The Morgan fingerprint density at radius 2 is 1.73 bits per heavy atom. The molecule has 1 heterocycles. The van der Waals surface area contributed by atoms with Gasteiger partial charge in [-0.3, -0.25) is 9.59 Å². The summed E-state index contributed by atoms with van der Waals surface area (Å²) in [6, 6.07) is 10.8. The van der Waals surface area contributed by atoms with Gasteiger partial charge in [0.05, 0.1) is 6.54 Å².